The summed E-state index contributed by atoms with van der Waals surface area (Å²) >= 11 is 6.01. The smallest absolute Gasteiger partial charge is 0.238 e. The number of nitriles is 1. The first kappa shape index (κ1) is 15.9. The minimum Gasteiger partial charge on any atom is -0.325 e. The van der Waals surface area contributed by atoms with Crippen molar-refractivity contribution >= 4 is 23.2 Å². The van der Waals surface area contributed by atoms with Gasteiger partial charge in [0.25, 0.3) is 0 Å². The highest BCUT2D eigenvalue weighted by Crippen LogP contribution is 2.55. The summed E-state index contributed by atoms with van der Waals surface area (Å²) in [6.45, 7) is 0.337. The Morgan fingerprint density at radius 2 is 1.83 bits per heavy atom. The topological polar surface area (TPSA) is 64.9 Å². The maximum absolute atomic E-state index is 12.3. The van der Waals surface area contributed by atoms with Crippen molar-refractivity contribution < 1.29 is 4.79 Å². The van der Waals surface area contributed by atoms with Crippen molar-refractivity contribution in [3.8, 4) is 6.07 Å². The quantitative estimate of drug-likeness (QED) is 0.875. The molecule has 4 aliphatic carbocycles. The number of carbonyl (C=O) groups is 1. The van der Waals surface area contributed by atoms with Gasteiger partial charge in [0.2, 0.25) is 5.91 Å². The van der Waals surface area contributed by atoms with Gasteiger partial charge in [-0.25, -0.2) is 0 Å². The van der Waals surface area contributed by atoms with Crippen molar-refractivity contribution in [1.29, 1.82) is 5.26 Å². The minimum absolute atomic E-state index is 0.0495. The number of nitrogens with one attached hydrogen (secondary N) is 2. The molecule has 0 atom stereocenters. The van der Waals surface area contributed by atoms with E-state index in [1.54, 1.807) is 18.2 Å². The molecule has 0 spiro atoms. The molecule has 126 valence electrons. The van der Waals surface area contributed by atoms with Gasteiger partial charge in [0.1, 0.15) is 6.07 Å². The number of amides is 1. The SMILES string of the molecule is N#Cc1ccc(NC(=O)CNC23CC4CC(CC(C4)C2)C3)cc1Cl. The minimum atomic E-state index is -0.0495. The van der Waals surface area contributed by atoms with Gasteiger partial charge in [-0.1, -0.05) is 11.6 Å². The number of hydrogen-bond donors (Lipinski definition) is 2. The normalized spacial score (nSPS) is 33.2. The van der Waals surface area contributed by atoms with Gasteiger partial charge in [-0.15, -0.1) is 0 Å². The molecule has 0 unspecified atom stereocenters. The van der Waals surface area contributed by atoms with Gasteiger partial charge in [0.15, 0.2) is 0 Å². The Bertz CT molecular complexity index is 674. The van der Waals surface area contributed by atoms with Crippen LogP contribution in [-0.4, -0.2) is 18.0 Å². The third-order valence-electron chi connectivity index (χ3n) is 6.04. The zero-order chi connectivity index (χ0) is 16.7. The summed E-state index contributed by atoms with van der Waals surface area (Å²) in [7, 11) is 0. The van der Waals surface area contributed by atoms with Crippen LogP contribution in [0.4, 0.5) is 5.69 Å². The van der Waals surface area contributed by atoms with Crippen molar-refractivity contribution in [1.82, 2.24) is 5.32 Å². The van der Waals surface area contributed by atoms with Gasteiger partial charge in [0, 0.05) is 11.2 Å². The van der Waals surface area contributed by atoms with Gasteiger partial charge in [-0.05, 0) is 74.5 Å². The number of benzene rings is 1. The first-order chi connectivity index (χ1) is 11.5. The molecule has 2 N–H and O–H groups in total. The molecule has 1 aromatic carbocycles. The van der Waals surface area contributed by atoms with Gasteiger partial charge in [-0.2, -0.15) is 5.26 Å². The summed E-state index contributed by atoms with van der Waals surface area (Å²) in [4.78, 5) is 12.3. The van der Waals surface area contributed by atoms with Crippen LogP contribution < -0.4 is 10.6 Å². The Hall–Kier alpha value is -1.57. The molecule has 4 saturated carbocycles. The second-order valence-corrected chi connectivity index (χ2v) is 8.31. The van der Waals surface area contributed by atoms with Crippen molar-refractivity contribution in [3.63, 3.8) is 0 Å². The Labute approximate surface area is 147 Å². The Morgan fingerprint density at radius 3 is 2.38 bits per heavy atom. The van der Waals surface area contributed by atoms with Gasteiger partial charge < -0.3 is 10.6 Å². The average Bonchev–Trinajstić information content (AvgIpc) is 2.52. The summed E-state index contributed by atoms with van der Waals surface area (Å²) in [6, 6.07) is 6.99. The molecule has 5 rings (SSSR count). The molecule has 4 nitrogen and oxygen atoms in total. The van der Waals surface area contributed by atoms with Crippen LogP contribution in [0.2, 0.25) is 5.02 Å². The Morgan fingerprint density at radius 1 is 1.21 bits per heavy atom. The second kappa shape index (κ2) is 6.06. The number of rotatable bonds is 4. The molecule has 5 heteroatoms. The third kappa shape index (κ3) is 3.03. The molecular formula is C19H22ClN3O. The van der Waals surface area contributed by atoms with Gasteiger partial charge >= 0.3 is 0 Å². The third-order valence-corrected chi connectivity index (χ3v) is 6.35. The van der Waals surface area contributed by atoms with E-state index < -0.39 is 0 Å². The molecular weight excluding hydrogens is 322 g/mol. The number of nitrogens with zero attached hydrogens (tertiary/aromatic N) is 1. The van der Waals surface area contributed by atoms with E-state index in [0.717, 1.165) is 17.8 Å². The molecule has 4 fully saturated rings. The summed E-state index contributed by atoms with van der Waals surface area (Å²) in [5, 5.41) is 15.7. The highest BCUT2D eigenvalue weighted by Gasteiger charge is 2.50. The fourth-order valence-electron chi connectivity index (χ4n) is 5.48. The average molecular weight is 344 g/mol. The predicted octanol–water partition coefficient (Wildman–Crippen LogP) is 3.71. The van der Waals surface area contributed by atoms with E-state index in [1.165, 1.54) is 38.5 Å². The lowest BCUT2D eigenvalue weighted by Crippen LogP contribution is -2.59. The molecule has 4 bridgehead atoms. The predicted molar refractivity (Wildman–Crippen MR) is 93.7 cm³/mol. The summed E-state index contributed by atoms with van der Waals surface area (Å²) in [5.74, 6) is 2.55. The maximum atomic E-state index is 12.3. The van der Waals surface area contributed by atoms with Crippen LogP contribution in [0.5, 0.6) is 0 Å². The maximum Gasteiger partial charge on any atom is 0.238 e. The van der Waals surface area contributed by atoms with Crippen molar-refractivity contribution in [2.45, 2.75) is 44.1 Å². The van der Waals surface area contributed by atoms with E-state index in [0.29, 0.717) is 22.8 Å². The first-order valence-corrected chi connectivity index (χ1v) is 9.17. The molecule has 1 aromatic rings. The fraction of sp³-hybridized carbons (Fsp3) is 0.579. The molecule has 4 aliphatic rings. The fourth-order valence-corrected chi connectivity index (χ4v) is 5.71. The number of halogens is 1. The van der Waals surface area contributed by atoms with E-state index in [-0.39, 0.29) is 11.4 Å². The number of anilines is 1. The molecule has 1 amide bonds. The van der Waals surface area contributed by atoms with Crippen LogP contribution in [0, 0.1) is 29.1 Å². The van der Waals surface area contributed by atoms with Crippen LogP contribution in [0.25, 0.3) is 0 Å². The highest BCUT2D eigenvalue weighted by atomic mass is 35.5. The largest absolute Gasteiger partial charge is 0.325 e. The highest BCUT2D eigenvalue weighted by molar-refractivity contribution is 6.32. The standard InChI is InChI=1S/C19H22ClN3O/c20-17-6-16(2-1-15(17)10-21)23-18(24)11-22-19-7-12-3-13(8-19)5-14(4-12)9-19/h1-2,6,12-14,22H,3-5,7-9,11H2,(H,23,24). The van der Waals surface area contributed by atoms with E-state index in [2.05, 4.69) is 10.6 Å². The van der Waals surface area contributed by atoms with Crippen molar-refractivity contribution in [3.05, 3.63) is 28.8 Å². The molecule has 24 heavy (non-hydrogen) atoms. The van der Waals surface area contributed by atoms with Gasteiger partial charge in [-0.3, -0.25) is 4.79 Å². The lowest BCUT2D eigenvalue weighted by Gasteiger charge is -2.57. The van der Waals surface area contributed by atoms with Crippen molar-refractivity contribution in [2.75, 3.05) is 11.9 Å². The lowest BCUT2D eigenvalue weighted by molar-refractivity contribution is -0.116. The molecule has 0 aromatic heterocycles. The number of hydrogen-bond acceptors (Lipinski definition) is 3. The van der Waals surface area contributed by atoms with Crippen molar-refractivity contribution in [2.24, 2.45) is 17.8 Å². The molecule has 0 radical (unpaired) electrons. The molecule has 0 heterocycles. The van der Waals surface area contributed by atoms with Crippen LogP contribution in [0.15, 0.2) is 18.2 Å². The zero-order valence-corrected chi connectivity index (χ0v) is 14.4. The lowest BCUT2D eigenvalue weighted by atomic mass is 9.53. The van der Waals surface area contributed by atoms with Gasteiger partial charge in [0.05, 0.1) is 17.1 Å². The molecule has 0 aliphatic heterocycles. The van der Waals surface area contributed by atoms with Crippen LogP contribution in [-0.2, 0) is 4.79 Å². The Balaban J connectivity index is 1.35. The first-order valence-electron chi connectivity index (χ1n) is 8.80. The van der Waals surface area contributed by atoms with Crippen LogP contribution >= 0.6 is 11.6 Å². The van der Waals surface area contributed by atoms with Crippen LogP contribution in [0.3, 0.4) is 0 Å². The summed E-state index contributed by atoms with van der Waals surface area (Å²) in [6.07, 6.45) is 7.89. The summed E-state index contributed by atoms with van der Waals surface area (Å²) in [5.41, 5.74) is 1.24. The number of carbonyl (C=O) groups excluding carboxylic acids is 1. The second-order valence-electron chi connectivity index (χ2n) is 7.91. The van der Waals surface area contributed by atoms with Crippen LogP contribution in [0.1, 0.15) is 44.1 Å². The van der Waals surface area contributed by atoms with E-state index in [1.807, 2.05) is 6.07 Å². The van der Waals surface area contributed by atoms with E-state index in [9.17, 15) is 4.79 Å². The zero-order valence-electron chi connectivity index (χ0n) is 13.6. The van der Waals surface area contributed by atoms with E-state index in [4.69, 9.17) is 16.9 Å². The summed E-state index contributed by atoms with van der Waals surface area (Å²) < 4.78 is 0. The Kier molecular flexibility index (Phi) is 4.02. The monoisotopic (exact) mass is 343 g/mol. The molecule has 0 saturated heterocycles. The van der Waals surface area contributed by atoms with E-state index >= 15 is 0 Å².